The third-order valence-corrected chi connectivity index (χ3v) is 3.67. The molecule has 1 atom stereocenters. The number of nitrogens with zero attached hydrogens (tertiary/aromatic N) is 3. The zero-order valence-corrected chi connectivity index (χ0v) is 13.4. The molecule has 2 rings (SSSR count). The first-order valence-electron chi connectivity index (χ1n) is 6.78. The Balaban J connectivity index is 2.09. The van der Waals surface area contributed by atoms with Crippen LogP contribution in [0.4, 0.5) is 5.69 Å². The van der Waals surface area contributed by atoms with E-state index >= 15 is 0 Å². The standard InChI is InChI=1S/C14H16ClN5O3/c1-16-13(10-7-18-19(2)8-10)14(21)17-6-9-5-11(20(22)23)3-4-12(9)15/h3-5,7-8,13,16H,6H2,1-2H3,(H,17,21). The number of rotatable bonds is 6. The maximum absolute atomic E-state index is 12.3. The molecule has 0 bridgehead atoms. The van der Waals surface area contributed by atoms with Crippen molar-refractivity contribution in [2.75, 3.05) is 7.05 Å². The first-order valence-corrected chi connectivity index (χ1v) is 7.16. The van der Waals surface area contributed by atoms with E-state index in [1.54, 1.807) is 31.2 Å². The van der Waals surface area contributed by atoms with E-state index in [1.807, 2.05) is 0 Å². The minimum absolute atomic E-state index is 0.0731. The van der Waals surface area contributed by atoms with Gasteiger partial charge in [0.25, 0.3) is 5.69 Å². The van der Waals surface area contributed by atoms with Crippen LogP contribution in [0.25, 0.3) is 0 Å². The fourth-order valence-electron chi connectivity index (χ4n) is 2.13. The molecule has 1 heterocycles. The molecule has 8 nitrogen and oxygen atoms in total. The van der Waals surface area contributed by atoms with Crippen molar-refractivity contribution in [2.24, 2.45) is 7.05 Å². The molecule has 1 aromatic carbocycles. The number of nitrogens with one attached hydrogen (secondary N) is 2. The smallest absolute Gasteiger partial charge is 0.269 e. The van der Waals surface area contributed by atoms with Crippen LogP contribution in [-0.4, -0.2) is 27.7 Å². The highest BCUT2D eigenvalue weighted by atomic mass is 35.5. The highest BCUT2D eigenvalue weighted by Gasteiger charge is 2.20. The van der Waals surface area contributed by atoms with Crippen molar-refractivity contribution in [1.82, 2.24) is 20.4 Å². The fraction of sp³-hybridized carbons (Fsp3) is 0.286. The van der Waals surface area contributed by atoms with E-state index in [2.05, 4.69) is 15.7 Å². The van der Waals surface area contributed by atoms with Gasteiger partial charge in [-0.1, -0.05) is 11.6 Å². The number of likely N-dealkylation sites (N-methyl/N-ethyl adjacent to an activating group) is 1. The number of non-ortho nitro benzene ring substituents is 1. The van der Waals surface area contributed by atoms with Crippen LogP contribution in [0.5, 0.6) is 0 Å². The molecule has 9 heteroatoms. The molecular formula is C14H16ClN5O3. The number of hydrogen-bond acceptors (Lipinski definition) is 5. The summed E-state index contributed by atoms with van der Waals surface area (Å²) in [4.78, 5) is 22.6. The maximum atomic E-state index is 12.3. The third kappa shape index (κ3) is 4.05. The van der Waals surface area contributed by atoms with Gasteiger partial charge in [0.2, 0.25) is 5.91 Å². The summed E-state index contributed by atoms with van der Waals surface area (Å²) in [6, 6.07) is 3.54. The Morgan fingerprint density at radius 1 is 1.52 bits per heavy atom. The number of amides is 1. The van der Waals surface area contributed by atoms with Gasteiger partial charge in [-0.15, -0.1) is 0 Å². The van der Waals surface area contributed by atoms with Gasteiger partial charge in [-0.3, -0.25) is 19.6 Å². The maximum Gasteiger partial charge on any atom is 0.269 e. The second-order valence-electron chi connectivity index (χ2n) is 4.92. The summed E-state index contributed by atoms with van der Waals surface area (Å²) in [7, 11) is 3.43. The molecule has 2 aromatic rings. The van der Waals surface area contributed by atoms with Crippen LogP contribution in [0.3, 0.4) is 0 Å². The first-order chi connectivity index (χ1) is 10.9. The van der Waals surface area contributed by atoms with Crippen LogP contribution in [-0.2, 0) is 18.4 Å². The number of halogens is 1. The van der Waals surface area contributed by atoms with Gasteiger partial charge in [0, 0.05) is 42.5 Å². The highest BCUT2D eigenvalue weighted by molar-refractivity contribution is 6.31. The second-order valence-corrected chi connectivity index (χ2v) is 5.33. The van der Waals surface area contributed by atoms with Crippen LogP contribution in [0.2, 0.25) is 5.02 Å². The Labute approximate surface area is 137 Å². The van der Waals surface area contributed by atoms with Gasteiger partial charge in [0.05, 0.1) is 11.1 Å². The van der Waals surface area contributed by atoms with Crippen LogP contribution in [0, 0.1) is 10.1 Å². The lowest BCUT2D eigenvalue weighted by molar-refractivity contribution is -0.384. The van der Waals surface area contributed by atoms with Gasteiger partial charge in [0.1, 0.15) is 6.04 Å². The van der Waals surface area contributed by atoms with Crippen molar-refractivity contribution in [2.45, 2.75) is 12.6 Å². The molecule has 0 radical (unpaired) electrons. The van der Waals surface area contributed by atoms with E-state index in [-0.39, 0.29) is 18.1 Å². The number of nitro groups is 1. The van der Waals surface area contributed by atoms with Crippen molar-refractivity contribution < 1.29 is 9.72 Å². The van der Waals surface area contributed by atoms with Crippen molar-refractivity contribution >= 4 is 23.2 Å². The number of carbonyl (C=O) groups excluding carboxylic acids is 1. The summed E-state index contributed by atoms with van der Waals surface area (Å²) in [5.41, 5.74) is 1.13. The van der Waals surface area contributed by atoms with E-state index < -0.39 is 11.0 Å². The Bertz CT molecular complexity index is 731. The molecule has 0 fully saturated rings. The molecule has 122 valence electrons. The minimum Gasteiger partial charge on any atom is -0.350 e. The Kier molecular flexibility index (Phi) is 5.30. The summed E-state index contributed by atoms with van der Waals surface area (Å²) >= 11 is 6.02. The topological polar surface area (TPSA) is 102 Å². The molecule has 0 aliphatic rings. The molecule has 1 amide bonds. The SMILES string of the molecule is CNC(C(=O)NCc1cc([N+](=O)[O-])ccc1Cl)c1cnn(C)c1. The van der Waals surface area contributed by atoms with Crippen LogP contribution in [0.15, 0.2) is 30.6 Å². The zero-order valence-electron chi connectivity index (χ0n) is 12.6. The molecule has 0 aliphatic carbocycles. The summed E-state index contributed by atoms with van der Waals surface area (Å²) in [5.74, 6) is -0.275. The monoisotopic (exact) mass is 337 g/mol. The first kappa shape index (κ1) is 16.9. The molecular weight excluding hydrogens is 322 g/mol. The van der Waals surface area contributed by atoms with Crippen LogP contribution >= 0.6 is 11.6 Å². The summed E-state index contributed by atoms with van der Waals surface area (Å²) in [5, 5.41) is 20.8. The van der Waals surface area contributed by atoms with Crippen molar-refractivity contribution in [3.05, 3.63) is 56.9 Å². The number of aryl methyl sites for hydroxylation is 1. The average molecular weight is 338 g/mol. The van der Waals surface area contributed by atoms with Gasteiger partial charge < -0.3 is 10.6 Å². The molecule has 2 N–H and O–H groups in total. The highest BCUT2D eigenvalue weighted by Crippen LogP contribution is 2.22. The number of hydrogen-bond donors (Lipinski definition) is 2. The summed E-state index contributed by atoms with van der Waals surface area (Å²) < 4.78 is 1.60. The largest absolute Gasteiger partial charge is 0.350 e. The van der Waals surface area contributed by atoms with E-state index in [1.165, 1.54) is 18.2 Å². The quantitative estimate of drug-likeness (QED) is 0.615. The van der Waals surface area contributed by atoms with Crippen molar-refractivity contribution in [3.8, 4) is 0 Å². The van der Waals surface area contributed by atoms with Crippen LogP contribution < -0.4 is 10.6 Å². The van der Waals surface area contributed by atoms with Crippen LogP contribution in [0.1, 0.15) is 17.2 Å². The molecule has 0 saturated heterocycles. The molecule has 23 heavy (non-hydrogen) atoms. The third-order valence-electron chi connectivity index (χ3n) is 3.30. The number of nitro benzene ring substituents is 1. The van der Waals surface area contributed by atoms with E-state index in [9.17, 15) is 14.9 Å². The predicted molar refractivity (Wildman–Crippen MR) is 85.0 cm³/mol. The van der Waals surface area contributed by atoms with Gasteiger partial charge >= 0.3 is 0 Å². The number of aromatic nitrogens is 2. The van der Waals surface area contributed by atoms with E-state index in [0.29, 0.717) is 10.6 Å². The van der Waals surface area contributed by atoms with Gasteiger partial charge in [-0.2, -0.15) is 5.10 Å². The second kappa shape index (κ2) is 7.21. The minimum atomic E-state index is -0.568. The van der Waals surface area contributed by atoms with Gasteiger partial charge in [0.15, 0.2) is 0 Å². The zero-order chi connectivity index (χ0) is 17.0. The fourth-order valence-corrected chi connectivity index (χ4v) is 2.32. The summed E-state index contributed by atoms with van der Waals surface area (Å²) in [6.45, 7) is 0.0950. The molecule has 0 saturated carbocycles. The number of carbonyl (C=O) groups is 1. The Morgan fingerprint density at radius 3 is 2.83 bits per heavy atom. The molecule has 1 unspecified atom stereocenters. The van der Waals surface area contributed by atoms with Gasteiger partial charge in [-0.25, -0.2) is 0 Å². The normalized spacial score (nSPS) is 12.0. The predicted octanol–water partition coefficient (Wildman–Crippen LogP) is 1.56. The lowest BCUT2D eigenvalue weighted by Gasteiger charge is -2.15. The Morgan fingerprint density at radius 2 is 2.26 bits per heavy atom. The van der Waals surface area contributed by atoms with Crippen molar-refractivity contribution in [3.63, 3.8) is 0 Å². The lowest BCUT2D eigenvalue weighted by Crippen LogP contribution is -2.35. The average Bonchev–Trinajstić information content (AvgIpc) is 2.93. The number of benzene rings is 1. The Hall–Kier alpha value is -2.45. The van der Waals surface area contributed by atoms with Crippen molar-refractivity contribution in [1.29, 1.82) is 0 Å². The lowest BCUT2D eigenvalue weighted by atomic mass is 10.1. The van der Waals surface area contributed by atoms with Gasteiger partial charge in [-0.05, 0) is 18.7 Å². The molecule has 0 spiro atoms. The van der Waals surface area contributed by atoms with E-state index in [0.717, 1.165) is 5.56 Å². The van der Waals surface area contributed by atoms with E-state index in [4.69, 9.17) is 11.6 Å². The summed E-state index contributed by atoms with van der Waals surface area (Å²) in [6.07, 6.45) is 3.34. The molecule has 1 aromatic heterocycles. The molecule has 0 aliphatic heterocycles.